The number of carbonyl (C=O) groups excluding carboxylic acids is 2. The molecule has 1 heterocycles. The summed E-state index contributed by atoms with van der Waals surface area (Å²) in [5.41, 5.74) is 3.34. The zero-order valence-electron chi connectivity index (χ0n) is 16.5. The minimum absolute atomic E-state index is 0.256. The van der Waals surface area contributed by atoms with Gasteiger partial charge in [0.25, 0.3) is 5.91 Å². The molecule has 2 aromatic carbocycles. The number of fused-ring (bicyclic) bond motifs is 1. The van der Waals surface area contributed by atoms with Crippen molar-refractivity contribution >= 4 is 28.8 Å². The zero-order chi connectivity index (χ0) is 20.1. The summed E-state index contributed by atoms with van der Waals surface area (Å²) in [6.07, 6.45) is 1.31. The quantitative estimate of drug-likeness (QED) is 0.575. The molecule has 0 aliphatic heterocycles. The maximum Gasteiger partial charge on any atom is 0.251 e. The Labute approximate surface area is 164 Å². The molecule has 2 amide bonds. The smallest absolute Gasteiger partial charge is 0.251 e. The van der Waals surface area contributed by atoms with E-state index in [1.54, 1.807) is 12.1 Å². The summed E-state index contributed by atoms with van der Waals surface area (Å²) in [5.74, 6) is 0.240. The predicted octanol–water partition coefficient (Wildman–Crippen LogP) is 4.22. The van der Waals surface area contributed by atoms with E-state index in [4.69, 9.17) is 0 Å². The molecule has 1 aromatic heterocycles. The van der Waals surface area contributed by atoms with E-state index in [9.17, 15) is 9.59 Å². The number of nitrogens with zero attached hydrogens (tertiary/aromatic N) is 1. The van der Waals surface area contributed by atoms with Gasteiger partial charge >= 0.3 is 0 Å². The maximum atomic E-state index is 12.7. The van der Waals surface area contributed by atoms with Crippen LogP contribution in [-0.2, 0) is 4.79 Å². The average molecular weight is 378 g/mol. The summed E-state index contributed by atoms with van der Waals surface area (Å²) in [6.45, 7) is 6.19. The predicted molar refractivity (Wildman–Crippen MR) is 111 cm³/mol. The van der Waals surface area contributed by atoms with Gasteiger partial charge in [-0.2, -0.15) is 0 Å². The minimum Gasteiger partial charge on any atom is -0.340 e. The highest BCUT2D eigenvalue weighted by molar-refractivity contribution is 6.01. The van der Waals surface area contributed by atoms with E-state index in [0.717, 1.165) is 17.5 Å². The Morgan fingerprint density at radius 2 is 1.79 bits per heavy atom. The Morgan fingerprint density at radius 3 is 2.43 bits per heavy atom. The van der Waals surface area contributed by atoms with Gasteiger partial charge in [0.15, 0.2) is 0 Å². The molecule has 0 fully saturated rings. The van der Waals surface area contributed by atoms with Crippen LogP contribution in [0.4, 0.5) is 5.95 Å². The molecule has 6 heteroatoms. The molecule has 3 rings (SSSR count). The van der Waals surface area contributed by atoms with Crippen molar-refractivity contribution in [1.29, 1.82) is 0 Å². The maximum absolute atomic E-state index is 12.7. The zero-order valence-corrected chi connectivity index (χ0v) is 16.5. The fourth-order valence-electron chi connectivity index (χ4n) is 3.03. The third-order valence-electron chi connectivity index (χ3n) is 4.67. The highest BCUT2D eigenvalue weighted by Crippen LogP contribution is 2.16. The summed E-state index contributed by atoms with van der Waals surface area (Å²) in [4.78, 5) is 32.7. The number of benzene rings is 2. The molecular formula is C22H26N4O2. The van der Waals surface area contributed by atoms with Crippen LogP contribution in [0.2, 0.25) is 0 Å². The lowest BCUT2D eigenvalue weighted by molar-refractivity contribution is -0.118. The van der Waals surface area contributed by atoms with Gasteiger partial charge in [-0.25, -0.2) is 4.98 Å². The van der Waals surface area contributed by atoms with Gasteiger partial charge < -0.3 is 10.3 Å². The van der Waals surface area contributed by atoms with E-state index in [1.165, 1.54) is 5.56 Å². The molecule has 0 radical (unpaired) electrons. The third kappa shape index (κ3) is 4.57. The van der Waals surface area contributed by atoms with Gasteiger partial charge in [0.2, 0.25) is 11.9 Å². The van der Waals surface area contributed by atoms with Gasteiger partial charge in [0, 0.05) is 5.56 Å². The van der Waals surface area contributed by atoms with Crippen LogP contribution in [0.1, 0.15) is 55.5 Å². The normalized spacial score (nSPS) is 12.1. The van der Waals surface area contributed by atoms with E-state index in [1.807, 2.05) is 43.3 Å². The molecule has 28 heavy (non-hydrogen) atoms. The van der Waals surface area contributed by atoms with Gasteiger partial charge in [-0.3, -0.25) is 14.9 Å². The number of hydrogen-bond donors (Lipinski definition) is 3. The highest BCUT2D eigenvalue weighted by atomic mass is 16.2. The first-order valence-corrected chi connectivity index (χ1v) is 9.64. The van der Waals surface area contributed by atoms with E-state index in [-0.39, 0.29) is 11.8 Å². The van der Waals surface area contributed by atoms with Crippen molar-refractivity contribution in [3.63, 3.8) is 0 Å². The molecule has 0 aliphatic rings. The Kier molecular flexibility index (Phi) is 6.09. The Balaban J connectivity index is 1.69. The second kappa shape index (κ2) is 8.69. The number of aromatic nitrogens is 2. The summed E-state index contributed by atoms with van der Waals surface area (Å²) < 4.78 is 0. The lowest BCUT2D eigenvalue weighted by Crippen LogP contribution is -2.43. The van der Waals surface area contributed by atoms with E-state index in [2.05, 4.69) is 34.4 Å². The van der Waals surface area contributed by atoms with Crippen molar-refractivity contribution in [1.82, 2.24) is 15.3 Å². The van der Waals surface area contributed by atoms with Gasteiger partial charge in [0.05, 0.1) is 11.0 Å². The number of imidazole rings is 1. The molecule has 0 spiro atoms. The number of carbonyl (C=O) groups is 2. The summed E-state index contributed by atoms with van der Waals surface area (Å²) >= 11 is 0. The molecule has 6 nitrogen and oxygen atoms in total. The summed E-state index contributed by atoms with van der Waals surface area (Å²) in [5, 5.41) is 5.62. The molecule has 3 N–H and O–H groups in total. The van der Waals surface area contributed by atoms with Gasteiger partial charge in [0.1, 0.15) is 6.04 Å². The molecule has 1 atom stereocenters. The largest absolute Gasteiger partial charge is 0.340 e. The molecule has 0 aliphatic carbocycles. The Bertz CT molecular complexity index is 927. The van der Waals surface area contributed by atoms with Crippen LogP contribution in [-0.4, -0.2) is 27.8 Å². The number of amides is 2. The van der Waals surface area contributed by atoms with Crippen LogP contribution in [0.3, 0.4) is 0 Å². The Hall–Kier alpha value is -3.15. The van der Waals surface area contributed by atoms with Crippen molar-refractivity contribution in [3.05, 3.63) is 59.7 Å². The minimum atomic E-state index is -0.629. The van der Waals surface area contributed by atoms with Crippen molar-refractivity contribution in [3.8, 4) is 0 Å². The van der Waals surface area contributed by atoms with Crippen molar-refractivity contribution in [2.75, 3.05) is 5.32 Å². The number of anilines is 1. The second-order valence-corrected chi connectivity index (χ2v) is 7.18. The van der Waals surface area contributed by atoms with Crippen molar-refractivity contribution in [2.24, 2.45) is 0 Å². The molecule has 0 bridgehead atoms. The lowest BCUT2D eigenvalue weighted by atomic mass is 10.0. The third-order valence-corrected chi connectivity index (χ3v) is 4.67. The van der Waals surface area contributed by atoms with E-state index >= 15 is 0 Å². The standard InChI is InChI=1S/C22H26N4O2/c1-4-7-19(23-20(27)16-12-10-15(11-13-16)14(2)3)21(28)26-22-24-17-8-5-6-9-18(17)25-22/h5-6,8-14,19H,4,7H2,1-3H3,(H,23,27)(H2,24,25,26,28)/t19-/m0/s1. The Morgan fingerprint density at radius 1 is 1.07 bits per heavy atom. The SMILES string of the molecule is CCC[C@H](NC(=O)c1ccc(C(C)C)cc1)C(=O)Nc1nc2ccccc2[nH]1. The highest BCUT2D eigenvalue weighted by Gasteiger charge is 2.21. The molecule has 3 aromatic rings. The molecular weight excluding hydrogens is 352 g/mol. The summed E-state index contributed by atoms with van der Waals surface area (Å²) in [6, 6.07) is 14.4. The van der Waals surface area contributed by atoms with Gasteiger partial charge in [-0.15, -0.1) is 0 Å². The van der Waals surface area contributed by atoms with Crippen molar-refractivity contribution in [2.45, 2.75) is 45.6 Å². The number of H-pyrrole nitrogens is 1. The molecule has 0 saturated carbocycles. The monoisotopic (exact) mass is 378 g/mol. The van der Waals surface area contributed by atoms with Crippen LogP contribution < -0.4 is 10.6 Å². The molecule has 146 valence electrons. The first kappa shape index (κ1) is 19.6. The second-order valence-electron chi connectivity index (χ2n) is 7.18. The summed E-state index contributed by atoms with van der Waals surface area (Å²) in [7, 11) is 0. The van der Waals surface area contributed by atoms with Crippen LogP contribution in [0.25, 0.3) is 11.0 Å². The van der Waals surface area contributed by atoms with Crippen molar-refractivity contribution < 1.29 is 9.59 Å². The van der Waals surface area contributed by atoms with E-state index in [0.29, 0.717) is 23.9 Å². The average Bonchev–Trinajstić information content (AvgIpc) is 3.09. The van der Waals surface area contributed by atoms with Crippen LogP contribution in [0.5, 0.6) is 0 Å². The first-order chi connectivity index (χ1) is 13.5. The molecule has 0 unspecified atom stereocenters. The topological polar surface area (TPSA) is 86.9 Å². The lowest BCUT2D eigenvalue weighted by Gasteiger charge is -2.17. The van der Waals surface area contributed by atoms with E-state index < -0.39 is 6.04 Å². The number of para-hydroxylation sites is 2. The number of hydrogen-bond acceptors (Lipinski definition) is 3. The fraction of sp³-hybridized carbons (Fsp3) is 0.318. The van der Waals surface area contributed by atoms with Gasteiger partial charge in [-0.05, 0) is 42.2 Å². The van der Waals surface area contributed by atoms with Gasteiger partial charge in [-0.1, -0.05) is 51.5 Å². The first-order valence-electron chi connectivity index (χ1n) is 9.64. The van der Waals surface area contributed by atoms with Crippen LogP contribution >= 0.6 is 0 Å². The van der Waals surface area contributed by atoms with Crippen LogP contribution in [0, 0.1) is 0 Å². The number of rotatable bonds is 7. The number of nitrogens with one attached hydrogen (secondary N) is 3. The fourth-order valence-corrected chi connectivity index (χ4v) is 3.03. The number of aromatic amines is 1. The van der Waals surface area contributed by atoms with Crippen LogP contribution in [0.15, 0.2) is 48.5 Å². The molecule has 0 saturated heterocycles.